The lowest BCUT2D eigenvalue weighted by molar-refractivity contribution is 0.593. The molecule has 0 spiro atoms. The van der Waals surface area contributed by atoms with Crippen molar-refractivity contribution in [2.75, 3.05) is 4.72 Å². The lowest BCUT2D eigenvalue weighted by atomic mass is 10.3. The van der Waals surface area contributed by atoms with Crippen LogP contribution in [-0.4, -0.2) is 18.6 Å². The van der Waals surface area contributed by atoms with E-state index in [9.17, 15) is 12.8 Å². The van der Waals surface area contributed by atoms with Gasteiger partial charge in [0.25, 0.3) is 10.0 Å². The highest BCUT2D eigenvalue weighted by atomic mass is 79.9. The first-order valence-electron chi connectivity index (χ1n) is 5.30. The van der Waals surface area contributed by atoms with Gasteiger partial charge in [0.05, 0.1) is 9.37 Å². The summed E-state index contributed by atoms with van der Waals surface area (Å²) in [6.07, 6.45) is 0. The van der Waals surface area contributed by atoms with Crippen molar-refractivity contribution in [2.24, 2.45) is 0 Å². The molecule has 1 aromatic heterocycles. The van der Waals surface area contributed by atoms with Gasteiger partial charge in [-0.2, -0.15) is 5.10 Å². The number of aromatic amines is 1. The molecular formula is C11H11BrFN3O2S. The van der Waals surface area contributed by atoms with Crippen molar-refractivity contribution in [2.45, 2.75) is 18.7 Å². The van der Waals surface area contributed by atoms with Crippen LogP contribution in [0.15, 0.2) is 27.6 Å². The summed E-state index contributed by atoms with van der Waals surface area (Å²) in [6, 6.07) is 3.60. The number of hydrogen-bond acceptors (Lipinski definition) is 3. The van der Waals surface area contributed by atoms with Crippen LogP contribution in [0.1, 0.15) is 11.3 Å². The Hall–Kier alpha value is -1.41. The topological polar surface area (TPSA) is 74.8 Å². The van der Waals surface area contributed by atoms with E-state index in [1.807, 2.05) is 0 Å². The van der Waals surface area contributed by atoms with Gasteiger partial charge in [-0.15, -0.1) is 0 Å². The van der Waals surface area contributed by atoms with Crippen LogP contribution >= 0.6 is 15.9 Å². The lowest BCUT2D eigenvalue weighted by Gasteiger charge is -2.07. The molecule has 0 atom stereocenters. The molecule has 2 rings (SSSR count). The predicted octanol–water partition coefficient (Wildman–Crippen LogP) is 2.73. The fraction of sp³-hybridized carbons (Fsp3) is 0.182. The van der Waals surface area contributed by atoms with Crippen LogP contribution in [-0.2, 0) is 10.0 Å². The van der Waals surface area contributed by atoms with Gasteiger partial charge in [-0.1, -0.05) is 0 Å². The highest BCUT2D eigenvalue weighted by Crippen LogP contribution is 2.22. The van der Waals surface area contributed by atoms with Crippen molar-refractivity contribution in [1.29, 1.82) is 0 Å². The van der Waals surface area contributed by atoms with Crippen LogP contribution in [0.4, 0.5) is 10.2 Å². The number of nitrogens with one attached hydrogen (secondary N) is 2. The minimum atomic E-state index is -3.86. The normalized spacial score (nSPS) is 11.6. The smallest absolute Gasteiger partial charge is 0.263 e. The fourth-order valence-electron chi connectivity index (χ4n) is 1.41. The molecule has 0 fully saturated rings. The molecule has 1 heterocycles. The summed E-state index contributed by atoms with van der Waals surface area (Å²) in [5.74, 6) is -0.432. The molecule has 0 saturated carbocycles. The molecule has 0 amide bonds. The zero-order valence-electron chi connectivity index (χ0n) is 10.2. The third-order valence-electron chi connectivity index (χ3n) is 2.69. The van der Waals surface area contributed by atoms with Gasteiger partial charge in [-0.05, 0) is 48.0 Å². The molecule has 102 valence electrons. The van der Waals surface area contributed by atoms with Gasteiger partial charge in [0.15, 0.2) is 5.82 Å². The first-order chi connectivity index (χ1) is 8.81. The molecule has 8 heteroatoms. The molecule has 0 aliphatic carbocycles. The van der Waals surface area contributed by atoms with Crippen molar-refractivity contribution < 1.29 is 12.8 Å². The Kier molecular flexibility index (Phi) is 3.64. The number of anilines is 1. The summed E-state index contributed by atoms with van der Waals surface area (Å²) in [6.45, 7) is 3.51. The maximum atomic E-state index is 13.4. The number of H-pyrrole nitrogens is 1. The van der Waals surface area contributed by atoms with Crippen LogP contribution in [0, 0.1) is 19.7 Å². The van der Waals surface area contributed by atoms with Gasteiger partial charge in [0.1, 0.15) is 5.82 Å². The van der Waals surface area contributed by atoms with Crippen LogP contribution in [0.5, 0.6) is 0 Å². The Bertz CT molecular complexity index is 728. The maximum Gasteiger partial charge on any atom is 0.263 e. The van der Waals surface area contributed by atoms with E-state index in [1.165, 1.54) is 12.1 Å². The van der Waals surface area contributed by atoms with Gasteiger partial charge in [-0.3, -0.25) is 9.82 Å². The van der Waals surface area contributed by atoms with Gasteiger partial charge in [0.2, 0.25) is 0 Å². The van der Waals surface area contributed by atoms with Crippen molar-refractivity contribution in [3.05, 3.63) is 39.7 Å². The van der Waals surface area contributed by atoms with Gasteiger partial charge >= 0.3 is 0 Å². The SMILES string of the molecule is Cc1[nH]nc(NS(=O)(=O)c2ccc(Br)c(F)c2)c1C. The van der Waals surface area contributed by atoms with E-state index in [-0.39, 0.29) is 15.2 Å². The number of sulfonamides is 1. The van der Waals surface area contributed by atoms with Crippen molar-refractivity contribution in [3.8, 4) is 0 Å². The van der Waals surface area contributed by atoms with E-state index in [0.717, 1.165) is 11.8 Å². The summed E-state index contributed by atoms with van der Waals surface area (Å²) in [5.41, 5.74) is 1.46. The molecule has 0 aliphatic rings. The van der Waals surface area contributed by atoms with Gasteiger partial charge < -0.3 is 0 Å². The number of hydrogen-bond donors (Lipinski definition) is 2. The van der Waals surface area contributed by atoms with Crippen LogP contribution in [0.2, 0.25) is 0 Å². The number of nitrogens with zero attached hydrogens (tertiary/aromatic N) is 1. The third-order valence-corrected chi connectivity index (χ3v) is 4.67. The van der Waals surface area contributed by atoms with Crippen LogP contribution in [0.25, 0.3) is 0 Å². The monoisotopic (exact) mass is 347 g/mol. The summed E-state index contributed by atoms with van der Waals surface area (Å²) in [7, 11) is -3.86. The molecule has 2 N–H and O–H groups in total. The predicted molar refractivity (Wildman–Crippen MR) is 73.0 cm³/mol. The number of rotatable bonds is 3. The lowest BCUT2D eigenvalue weighted by Crippen LogP contribution is -2.14. The molecule has 0 saturated heterocycles. The molecule has 0 aliphatic heterocycles. The van der Waals surface area contributed by atoms with Crippen LogP contribution < -0.4 is 4.72 Å². The van der Waals surface area contributed by atoms with Gasteiger partial charge in [-0.25, -0.2) is 12.8 Å². The third kappa shape index (κ3) is 2.79. The molecule has 0 bridgehead atoms. The van der Waals surface area contributed by atoms with E-state index in [0.29, 0.717) is 5.56 Å². The molecule has 0 radical (unpaired) electrons. The number of halogens is 2. The minimum absolute atomic E-state index is 0.159. The second kappa shape index (κ2) is 4.93. The van der Waals surface area contributed by atoms with E-state index < -0.39 is 15.8 Å². The quantitative estimate of drug-likeness (QED) is 0.896. The zero-order chi connectivity index (χ0) is 14.2. The van der Waals surface area contributed by atoms with E-state index in [4.69, 9.17) is 0 Å². The number of aromatic nitrogens is 2. The Labute approximate surface area is 118 Å². The molecular weight excluding hydrogens is 337 g/mol. The molecule has 19 heavy (non-hydrogen) atoms. The number of benzene rings is 1. The Morgan fingerprint density at radius 1 is 1.37 bits per heavy atom. The fourth-order valence-corrected chi connectivity index (χ4v) is 2.74. The van der Waals surface area contributed by atoms with Crippen molar-refractivity contribution in [3.63, 3.8) is 0 Å². The zero-order valence-corrected chi connectivity index (χ0v) is 12.6. The van der Waals surface area contributed by atoms with Crippen molar-refractivity contribution in [1.82, 2.24) is 10.2 Å². The molecule has 1 aromatic carbocycles. The Morgan fingerprint density at radius 3 is 2.58 bits per heavy atom. The average Bonchev–Trinajstić information content (AvgIpc) is 2.64. The maximum absolute atomic E-state index is 13.4. The highest BCUT2D eigenvalue weighted by molar-refractivity contribution is 9.10. The standard InChI is InChI=1S/C11H11BrFN3O2S/c1-6-7(2)14-15-11(6)16-19(17,18)8-3-4-9(12)10(13)5-8/h3-5H,1-2H3,(H2,14,15,16). The highest BCUT2D eigenvalue weighted by Gasteiger charge is 2.18. The van der Waals surface area contributed by atoms with E-state index >= 15 is 0 Å². The first kappa shape index (κ1) is 14.0. The van der Waals surface area contributed by atoms with Crippen LogP contribution in [0.3, 0.4) is 0 Å². The Balaban J connectivity index is 2.37. The number of aryl methyl sites for hydroxylation is 1. The van der Waals surface area contributed by atoms with E-state index in [1.54, 1.807) is 13.8 Å². The Morgan fingerprint density at radius 2 is 2.05 bits per heavy atom. The molecule has 0 unspecified atom stereocenters. The largest absolute Gasteiger partial charge is 0.280 e. The summed E-state index contributed by atoms with van der Waals surface area (Å²) < 4.78 is 40.1. The minimum Gasteiger partial charge on any atom is -0.280 e. The second-order valence-corrected chi connectivity index (χ2v) is 6.54. The van der Waals surface area contributed by atoms with E-state index in [2.05, 4.69) is 30.8 Å². The average molecular weight is 348 g/mol. The second-order valence-electron chi connectivity index (χ2n) is 4.00. The molecule has 2 aromatic rings. The summed E-state index contributed by atoms with van der Waals surface area (Å²) in [5, 5.41) is 6.52. The van der Waals surface area contributed by atoms with Gasteiger partial charge in [0, 0.05) is 11.3 Å². The first-order valence-corrected chi connectivity index (χ1v) is 7.58. The van der Waals surface area contributed by atoms with Crippen molar-refractivity contribution >= 4 is 31.8 Å². The summed E-state index contributed by atoms with van der Waals surface area (Å²) >= 11 is 2.97. The molecule has 5 nitrogen and oxygen atoms in total. The summed E-state index contributed by atoms with van der Waals surface area (Å²) in [4.78, 5) is -0.159.